The molecule has 1 saturated heterocycles. The number of urea groups is 1. The number of hydrogen-bond acceptors (Lipinski definition) is 8. The van der Waals surface area contributed by atoms with Crippen molar-refractivity contribution in [3.05, 3.63) is 57.6 Å². The molecule has 10 nitrogen and oxygen atoms in total. The maximum atomic E-state index is 13.3. The monoisotopic (exact) mass is 736 g/mol. The van der Waals surface area contributed by atoms with E-state index in [4.69, 9.17) is 9.47 Å². The summed E-state index contributed by atoms with van der Waals surface area (Å²) in [6, 6.07) is 7.24. The van der Waals surface area contributed by atoms with E-state index in [9.17, 15) is 29.4 Å². The molecule has 0 aromatic heterocycles. The van der Waals surface area contributed by atoms with Crippen LogP contribution in [0.4, 0.5) is 4.79 Å². The van der Waals surface area contributed by atoms with Crippen molar-refractivity contribution >= 4 is 23.9 Å². The van der Waals surface area contributed by atoms with Gasteiger partial charge in [0.25, 0.3) is 5.91 Å². The standard InChI is InChI=1S/C43H64N2O8/c1-39(2,3)29-23-27(24-30(35(29)48)40(4,5)6)15-17-33(46)52-21-19-44-37(50)43(13,14)45(38(44)51)20-22-53-34(47)18-16-28-25-31(41(7,8)9)36(49)32(26-28)42(10,11)12/h23-26,48-49H,15-22H2,1-14H3. The first-order valence-corrected chi connectivity index (χ1v) is 18.7. The molecule has 0 saturated carbocycles. The van der Waals surface area contributed by atoms with E-state index < -0.39 is 29.4 Å². The van der Waals surface area contributed by atoms with Crippen LogP contribution < -0.4 is 0 Å². The minimum absolute atomic E-state index is 0.0287. The van der Waals surface area contributed by atoms with Gasteiger partial charge >= 0.3 is 18.0 Å². The highest BCUT2D eigenvalue weighted by Gasteiger charge is 2.50. The molecule has 2 aromatic rings. The van der Waals surface area contributed by atoms with Crippen molar-refractivity contribution in [1.82, 2.24) is 9.80 Å². The molecule has 10 heteroatoms. The summed E-state index contributed by atoms with van der Waals surface area (Å²) in [6.45, 7) is 27.4. The van der Waals surface area contributed by atoms with Crippen molar-refractivity contribution in [3.8, 4) is 11.5 Å². The molecule has 0 radical (unpaired) electrons. The van der Waals surface area contributed by atoms with Gasteiger partial charge in [-0.2, -0.15) is 0 Å². The van der Waals surface area contributed by atoms with Crippen LogP contribution in [-0.2, 0) is 58.4 Å². The van der Waals surface area contributed by atoms with Crippen molar-refractivity contribution in [2.24, 2.45) is 0 Å². The van der Waals surface area contributed by atoms with Crippen LogP contribution in [0, 0.1) is 0 Å². The normalized spacial score (nSPS) is 15.3. The van der Waals surface area contributed by atoms with Gasteiger partial charge < -0.3 is 24.6 Å². The van der Waals surface area contributed by atoms with Crippen LogP contribution in [0.5, 0.6) is 11.5 Å². The Morgan fingerprint density at radius 3 is 1.25 bits per heavy atom. The Morgan fingerprint density at radius 2 is 0.925 bits per heavy atom. The average molecular weight is 737 g/mol. The second-order valence-corrected chi connectivity index (χ2v) is 19.0. The zero-order chi connectivity index (χ0) is 40.5. The molecule has 2 N–H and O–H groups in total. The van der Waals surface area contributed by atoms with E-state index >= 15 is 0 Å². The van der Waals surface area contributed by atoms with E-state index in [-0.39, 0.29) is 72.3 Å². The Hall–Kier alpha value is -4.08. The SMILES string of the molecule is CC(C)(C)c1cc(CCC(=O)OCCN2C(=O)N(CCOC(=O)CCc3cc(C(C)(C)C)c(O)c(C(C)(C)C)c3)C(C)(C)C2=O)cc(C(C)(C)C)c1O. The summed E-state index contributed by atoms with van der Waals surface area (Å²) >= 11 is 0. The number of carbonyl (C=O) groups excluding carboxylic acids is 4. The topological polar surface area (TPSA) is 134 Å². The van der Waals surface area contributed by atoms with Crippen LogP contribution in [0.1, 0.15) is 143 Å². The third-order valence-electron chi connectivity index (χ3n) is 9.87. The number of ether oxygens (including phenoxy) is 2. The van der Waals surface area contributed by atoms with Gasteiger partial charge in [-0.15, -0.1) is 0 Å². The fourth-order valence-corrected chi connectivity index (χ4v) is 6.59. The van der Waals surface area contributed by atoms with Gasteiger partial charge in [-0.25, -0.2) is 4.79 Å². The van der Waals surface area contributed by atoms with Crippen LogP contribution in [-0.4, -0.2) is 75.7 Å². The number of amides is 3. The summed E-state index contributed by atoms with van der Waals surface area (Å²) in [7, 11) is 0. The number of phenolic OH excluding ortho intramolecular Hbond substituents is 2. The minimum atomic E-state index is -1.17. The molecule has 1 heterocycles. The number of carbonyl (C=O) groups is 4. The van der Waals surface area contributed by atoms with Gasteiger partial charge in [0.15, 0.2) is 0 Å². The van der Waals surface area contributed by atoms with Gasteiger partial charge in [0.2, 0.25) is 0 Å². The van der Waals surface area contributed by atoms with Crippen molar-refractivity contribution in [2.75, 3.05) is 26.3 Å². The van der Waals surface area contributed by atoms with Gasteiger partial charge in [0.05, 0.1) is 13.1 Å². The summed E-state index contributed by atoms with van der Waals surface area (Å²) in [5.41, 5.74) is 2.81. The van der Waals surface area contributed by atoms with Gasteiger partial charge in [0, 0.05) is 12.8 Å². The van der Waals surface area contributed by atoms with Crippen molar-refractivity contribution in [1.29, 1.82) is 0 Å². The largest absolute Gasteiger partial charge is 0.507 e. The number of phenols is 2. The lowest BCUT2D eigenvalue weighted by molar-refractivity contribution is -0.145. The highest BCUT2D eigenvalue weighted by molar-refractivity contribution is 6.06. The first-order valence-electron chi connectivity index (χ1n) is 18.7. The molecule has 3 rings (SSSR count). The summed E-state index contributed by atoms with van der Waals surface area (Å²) in [4.78, 5) is 54.5. The highest BCUT2D eigenvalue weighted by Crippen LogP contribution is 2.41. The molecule has 1 aliphatic rings. The predicted octanol–water partition coefficient (Wildman–Crippen LogP) is 7.98. The number of nitrogens with zero attached hydrogens (tertiary/aromatic N) is 2. The fraction of sp³-hybridized carbons (Fsp3) is 0.628. The first-order chi connectivity index (χ1) is 24.1. The Bertz CT molecular complexity index is 1630. The van der Waals surface area contributed by atoms with E-state index in [1.807, 2.05) is 107 Å². The van der Waals surface area contributed by atoms with Crippen molar-refractivity contribution < 1.29 is 38.9 Å². The number of aryl methyl sites for hydroxylation is 2. The molecule has 53 heavy (non-hydrogen) atoms. The van der Waals surface area contributed by atoms with Crippen molar-refractivity contribution in [3.63, 3.8) is 0 Å². The number of imide groups is 1. The van der Waals surface area contributed by atoms with E-state index in [2.05, 4.69) is 0 Å². The summed E-state index contributed by atoms with van der Waals surface area (Å²) in [6.07, 6.45) is 1.06. The van der Waals surface area contributed by atoms with Crippen LogP contribution in [0.25, 0.3) is 0 Å². The molecule has 0 atom stereocenters. The number of esters is 2. The van der Waals surface area contributed by atoms with Gasteiger partial charge in [-0.1, -0.05) is 107 Å². The number of rotatable bonds is 12. The second-order valence-electron chi connectivity index (χ2n) is 19.0. The average Bonchev–Trinajstić information content (AvgIpc) is 3.16. The summed E-state index contributed by atoms with van der Waals surface area (Å²) in [5.74, 6) is -0.738. The van der Waals surface area contributed by atoms with Crippen LogP contribution in [0.15, 0.2) is 24.3 Å². The van der Waals surface area contributed by atoms with E-state index in [0.29, 0.717) is 12.8 Å². The molecule has 2 aromatic carbocycles. The quantitative estimate of drug-likeness (QED) is 0.166. The third kappa shape index (κ3) is 10.5. The summed E-state index contributed by atoms with van der Waals surface area (Å²) in [5, 5.41) is 22.0. The molecule has 1 fully saturated rings. The zero-order valence-electron chi connectivity index (χ0n) is 34.7. The number of aromatic hydroxyl groups is 2. The lowest BCUT2D eigenvalue weighted by Gasteiger charge is -2.28. The maximum absolute atomic E-state index is 13.3. The van der Waals surface area contributed by atoms with Gasteiger partial charge in [0.1, 0.15) is 30.3 Å². The number of benzene rings is 2. The Morgan fingerprint density at radius 1 is 0.604 bits per heavy atom. The van der Waals surface area contributed by atoms with Gasteiger partial charge in [-0.05, 0) is 81.7 Å². The summed E-state index contributed by atoms with van der Waals surface area (Å²) < 4.78 is 10.9. The molecular weight excluding hydrogens is 672 g/mol. The third-order valence-corrected chi connectivity index (χ3v) is 9.87. The Kier molecular flexibility index (Phi) is 12.9. The molecular formula is C43H64N2O8. The molecule has 294 valence electrons. The van der Waals surface area contributed by atoms with E-state index in [1.54, 1.807) is 13.8 Å². The molecule has 0 aliphatic carbocycles. The van der Waals surface area contributed by atoms with Gasteiger partial charge in [-0.3, -0.25) is 19.3 Å². The van der Waals surface area contributed by atoms with Crippen molar-refractivity contribution in [2.45, 2.75) is 150 Å². The lowest BCUT2D eigenvalue weighted by Crippen LogP contribution is -2.45. The second kappa shape index (κ2) is 15.7. The molecule has 0 bridgehead atoms. The number of hydrogen-bond donors (Lipinski definition) is 2. The van der Waals surface area contributed by atoms with E-state index in [0.717, 1.165) is 38.3 Å². The lowest BCUT2D eigenvalue weighted by atomic mass is 9.78. The molecule has 0 unspecified atom stereocenters. The highest BCUT2D eigenvalue weighted by atomic mass is 16.5. The molecule has 3 amide bonds. The molecule has 1 aliphatic heterocycles. The van der Waals surface area contributed by atoms with Crippen LogP contribution in [0.3, 0.4) is 0 Å². The Balaban J connectivity index is 1.54. The van der Waals surface area contributed by atoms with Crippen LogP contribution >= 0.6 is 0 Å². The smallest absolute Gasteiger partial charge is 0.327 e. The molecule has 0 spiro atoms. The van der Waals surface area contributed by atoms with Crippen LogP contribution in [0.2, 0.25) is 0 Å². The Labute approximate surface area is 317 Å². The van der Waals surface area contributed by atoms with E-state index in [1.165, 1.54) is 4.90 Å². The minimum Gasteiger partial charge on any atom is -0.507 e. The first kappa shape index (κ1) is 43.3. The predicted molar refractivity (Wildman–Crippen MR) is 207 cm³/mol. The fourth-order valence-electron chi connectivity index (χ4n) is 6.59. The zero-order valence-corrected chi connectivity index (χ0v) is 34.7. The maximum Gasteiger partial charge on any atom is 0.327 e.